The predicted octanol–water partition coefficient (Wildman–Crippen LogP) is 4.27. The lowest BCUT2D eigenvalue weighted by Gasteiger charge is -2.21. The standard InChI is InChI=1S/C25H30F4N2O3S/c1-30-14-19-11-18-12-23(26)24(34-8-7-31-35(32,33)15-16-5-6-16)13-22(18)21(19)10-17-3-2-4-20(9-17)25(27,28)29/h2-4,9,12-13,16,19,21,30-31H,5-8,10-11,14-15H2,1H3. The van der Waals surface area contributed by atoms with Crippen LogP contribution in [0.5, 0.6) is 5.75 Å². The van der Waals surface area contributed by atoms with Crippen LogP contribution in [0.1, 0.15) is 41.0 Å². The summed E-state index contributed by atoms with van der Waals surface area (Å²) in [5.74, 6) is -0.211. The first-order chi connectivity index (χ1) is 16.6. The largest absolute Gasteiger partial charge is 0.489 e. The molecule has 1 saturated carbocycles. The Bertz CT molecular complexity index is 1150. The molecule has 0 heterocycles. The van der Waals surface area contributed by atoms with Gasteiger partial charge in [0.05, 0.1) is 11.3 Å². The Morgan fingerprint density at radius 2 is 1.91 bits per heavy atom. The maximum absolute atomic E-state index is 14.7. The lowest BCUT2D eigenvalue weighted by Crippen LogP contribution is -2.31. The van der Waals surface area contributed by atoms with Crippen LogP contribution in [0, 0.1) is 17.7 Å². The predicted molar refractivity (Wildman–Crippen MR) is 125 cm³/mol. The van der Waals surface area contributed by atoms with Crippen molar-refractivity contribution in [2.45, 2.75) is 37.8 Å². The zero-order valence-corrected chi connectivity index (χ0v) is 20.3. The molecule has 0 aromatic heterocycles. The summed E-state index contributed by atoms with van der Waals surface area (Å²) in [7, 11) is -1.57. The van der Waals surface area contributed by atoms with E-state index in [9.17, 15) is 26.0 Å². The molecule has 2 aromatic carbocycles. The van der Waals surface area contributed by atoms with Crippen molar-refractivity contribution in [1.82, 2.24) is 10.0 Å². The molecule has 5 nitrogen and oxygen atoms in total. The molecule has 0 aliphatic heterocycles. The van der Waals surface area contributed by atoms with Gasteiger partial charge in [-0.1, -0.05) is 18.2 Å². The number of fused-ring (bicyclic) bond motifs is 1. The number of ether oxygens (including phenoxy) is 1. The van der Waals surface area contributed by atoms with Gasteiger partial charge in [0.15, 0.2) is 11.6 Å². The summed E-state index contributed by atoms with van der Waals surface area (Å²) < 4.78 is 86.3. The third kappa shape index (κ3) is 6.74. The molecular formula is C25H30F4N2O3S. The van der Waals surface area contributed by atoms with Crippen LogP contribution in [-0.4, -0.2) is 40.9 Å². The second kappa shape index (κ2) is 10.4. The minimum absolute atomic E-state index is 0.0179. The number of hydrogen-bond donors (Lipinski definition) is 2. The van der Waals surface area contributed by atoms with Crippen LogP contribution in [0.4, 0.5) is 17.6 Å². The number of rotatable bonds is 11. The van der Waals surface area contributed by atoms with E-state index in [2.05, 4.69) is 10.0 Å². The Balaban J connectivity index is 1.48. The number of benzene rings is 2. The van der Waals surface area contributed by atoms with Crippen LogP contribution in [0.25, 0.3) is 0 Å². The Kier molecular flexibility index (Phi) is 7.73. The molecule has 2 aliphatic rings. The van der Waals surface area contributed by atoms with Gasteiger partial charge in [-0.2, -0.15) is 13.2 Å². The van der Waals surface area contributed by atoms with E-state index in [-0.39, 0.29) is 42.4 Å². The monoisotopic (exact) mass is 514 g/mol. The van der Waals surface area contributed by atoms with E-state index in [0.717, 1.165) is 30.0 Å². The molecule has 0 radical (unpaired) electrons. The highest BCUT2D eigenvalue weighted by Gasteiger charge is 2.35. The SMILES string of the molecule is CNCC1Cc2cc(F)c(OCCNS(=O)(=O)CC3CC3)cc2C1Cc1cccc(C(F)(F)F)c1. The Morgan fingerprint density at radius 1 is 1.14 bits per heavy atom. The van der Waals surface area contributed by atoms with E-state index >= 15 is 0 Å². The molecule has 192 valence electrons. The number of alkyl halides is 3. The number of hydrogen-bond acceptors (Lipinski definition) is 4. The smallest absolute Gasteiger partial charge is 0.416 e. The summed E-state index contributed by atoms with van der Waals surface area (Å²) in [6.07, 6.45) is -1.58. The Hall–Kier alpha value is -2.17. The van der Waals surface area contributed by atoms with Gasteiger partial charge in [0.2, 0.25) is 10.0 Å². The average Bonchev–Trinajstić information content (AvgIpc) is 3.53. The zero-order chi connectivity index (χ0) is 25.2. The third-order valence-electron chi connectivity index (χ3n) is 6.65. The van der Waals surface area contributed by atoms with Gasteiger partial charge >= 0.3 is 6.18 Å². The molecule has 1 fully saturated rings. The number of sulfonamides is 1. The summed E-state index contributed by atoms with van der Waals surface area (Å²) in [5.41, 5.74) is 1.55. The van der Waals surface area contributed by atoms with Crippen LogP contribution in [-0.2, 0) is 29.0 Å². The molecule has 0 bridgehead atoms. The van der Waals surface area contributed by atoms with E-state index in [0.29, 0.717) is 24.9 Å². The van der Waals surface area contributed by atoms with Crippen LogP contribution >= 0.6 is 0 Å². The fourth-order valence-electron chi connectivity index (χ4n) is 4.82. The number of halogens is 4. The summed E-state index contributed by atoms with van der Waals surface area (Å²) in [4.78, 5) is 0. The minimum Gasteiger partial charge on any atom is -0.489 e. The van der Waals surface area contributed by atoms with Crippen molar-refractivity contribution in [1.29, 1.82) is 0 Å². The Morgan fingerprint density at radius 3 is 2.60 bits per heavy atom. The van der Waals surface area contributed by atoms with Gasteiger partial charge in [0.1, 0.15) is 6.61 Å². The summed E-state index contributed by atoms with van der Waals surface area (Å²) in [6, 6.07) is 8.36. The first kappa shape index (κ1) is 25.9. The molecule has 2 atom stereocenters. The van der Waals surface area contributed by atoms with Crippen molar-refractivity contribution >= 4 is 10.0 Å². The lowest BCUT2D eigenvalue weighted by molar-refractivity contribution is -0.137. The first-order valence-electron chi connectivity index (χ1n) is 11.8. The van der Waals surface area contributed by atoms with Crippen molar-refractivity contribution in [3.63, 3.8) is 0 Å². The second-order valence-corrected chi connectivity index (χ2v) is 11.3. The molecule has 0 spiro atoms. The maximum Gasteiger partial charge on any atom is 0.416 e. The van der Waals surface area contributed by atoms with Gasteiger partial charge in [0.25, 0.3) is 0 Å². The van der Waals surface area contributed by atoms with Crippen molar-refractivity contribution < 1.29 is 30.7 Å². The second-order valence-electron chi connectivity index (χ2n) is 9.48. The molecular weight excluding hydrogens is 484 g/mol. The molecule has 2 aromatic rings. The molecule has 0 saturated heterocycles. The highest BCUT2D eigenvalue weighted by molar-refractivity contribution is 7.89. The third-order valence-corrected chi connectivity index (χ3v) is 8.21. The average molecular weight is 515 g/mol. The summed E-state index contributed by atoms with van der Waals surface area (Å²) in [6.45, 7) is 0.637. The van der Waals surface area contributed by atoms with E-state index < -0.39 is 27.6 Å². The van der Waals surface area contributed by atoms with Crippen molar-refractivity contribution in [3.8, 4) is 5.75 Å². The van der Waals surface area contributed by atoms with Gasteiger partial charge in [-0.3, -0.25) is 0 Å². The minimum atomic E-state index is -4.42. The van der Waals surface area contributed by atoms with Crippen LogP contribution in [0.3, 0.4) is 0 Å². The van der Waals surface area contributed by atoms with Crippen LogP contribution < -0.4 is 14.8 Å². The summed E-state index contributed by atoms with van der Waals surface area (Å²) in [5, 5.41) is 3.13. The van der Waals surface area contributed by atoms with E-state index in [4.69, 9.17) is 4.74 Å². The Labute approximate surface area is 203 Å². The van der Waals surface area contributed by atoms with E-state index in [1.54, 1.807) is 12.1 Å². The van der Waals surface area contributed by atoms with Crippen molar-refractivity contribution in [3.05, 3.63) is 64.5 Å². The molecule has 35 heavy (non-hydrogen) atoms. The zero-order valence-electron chi connectivity index (χ0n) is 19.5. The van der Waals surface area contributed by atoms with Crippen molar-refractivity contribution in [2.24, 2.45) is 11.8 Å². The quantitative estimate of drug-likeness (QED) is 0.347. The highest BCUT2D eigenvalue weighted by atomic mass is 32.2. The molecule has 10 heteroatoms. The fraction of sp³-hybridized carbons (Fsp3) is 0.520. The molecule has 4 rings (SSSR count). The van der Waals surface area contributed by atoms with Crippen LogP contribution in [0.15, 0.2) is 36.4 Å². The highest BCUT2D eigenvalue weighted by Crippen LogP contribution is 2.43. The van der Waals surface area contributed by atoms with Crippen LogP contribution in [0.2, 0.25) is 0 Å². The van der Waals surface area contributed by atoms with Gasteiger partial charge < -0.3 is 10.1 Å². The molecule has 2 unspecified atom stereocenters. The maximum atomic E-state index is 14.7. The molecule has 0 amide bonds. The fourth-order valence-corrected chi connectivity index (χ4v) is 6.28. The number of nitrogens with one attached hydrogen (secondary N) is 2. The van der Waals surface area contributed by atoms with Gasteiger partial charge in [0, 0.05) is 6.54 Å². The summed E-state index contributed by atoms with van der Waals surface area (Å²) >= 11 is 0. The lowest BCUT2D eigenvalue weighted by atomic mass is 9.86. The van der Waals surface area contributed by atoms with E-state index in [1.807, 2.05) is 7.05 Å². The molecule has 2 aliphatic carbocycles. The first-order valence-corrected chi connectivity index (χ1v) is 13.4. The van der Waals surface area contributed by atoms with E-state index in [1.165, 1.54) is 18.2 Å². The molecule has 2 N–H and O–H groups in total. The van der Waals surface area contributed by atoms with Gasteiger partial charge in [-0.05, 0) is 91.9 Å². The normalized spacial score (nSPS) is 20.1. The topological polar surface area (TPSA) is 67.4 Å². The van der Waals surface area contributed by atoms with Crippen molar-refractivity contribution in [2.75, 3.05) is 32.5 Å². The van der Waals surface area contributed by atoms with Gasteiger partial charge in [-0.15, -0.1) is 0 Å². The van der Waals surface area contributed by atoms with Gasteiger partial charge in [-0.25, -0.2) is 17.5 Å².